The van der Waals surface area contributed by atoms with Crippen LogP contribution in [0.3, 0.4) is 0 Å². The summed E-state index contributed by atoms with van der Waals surface area (Å²) in [6.45, 7) is 2.45. The zero-order valence-electron chi connectivity index (χ0n) is 10.7. The van der Waals surface area contributed by atoms with Crippen molar-refractivity contribution < 1.29 is 13.2 Å². The van der Waals surface area contributed by atoms with E-state index in [0.29, 0.717) is 13.0 Å². The molecular formula is C10H17N5O3S. The molecule has 19 heavy (non-hydrogen) atoms. The summed E-state index contributed by atoms with van der Waals surface area (Å²) < 4.78 is 28.0. The maximum absolute atomic E-state index is 11.4. The average molecular weight is 287 g/mol. The number of rotatable bonds is 5. The molecule has 3 N–H and O–H groups in total. The van der Waals surface area contributed by atoms with Crippen molar-refractivity contribution in [1.29, 1.82) is 0 Å². The number of aromatic nitrogens is 3. The zero-order valence-corrected chi connectivity index (χ0v) is 11.5. The third-order valence-electron chi connectivity index (χ3n) is 2.63. The summed E-state index contributed by atoms with van der Waals surface area (Å²) in [7, 11) is -2.95. The van der Waals surface area contributed by atoms with E-state index in [9.17, 15) is 8.42 Å². The van der Waals surface area contributed by atoms with E-state index in [0.717, 1.165) is 6.42 Å². The monoisotopic (exact) mass is 287 g/mol. The van der Waals surface area contributed by atoms with E-state index in [1.54, 1.807) is 0 Å². The van der Waals surface area contributed by atoms with Crippen LogP contribution in [0.5, 0.6) is 6.01 Å². The summed E-state index contributed by atoms with van der Waals surface area (Å²) in [6, 6.07) is -0.0384. The molecule has 8 nitrogen and oxygen atoms in total. The van der Waals surface area contributed by atoms with E-state index in [1.807, 2.05) is 6.92 Å². The fourth-order valence-corrected chi connectivity index (χ4v) is 3.46. The minimum Gasteiger partial charge on any atom is -0.463 e. The van der Waals surface area contributed by atoms with Crippen molar-refractivity contribution in [2.24, 2.45) is 0 Å². The van der Waals surface area contributed by atoms with E-state index in [2.05, 4.69) is 20.3 Å². The van der Waals surface area contributed by atoms with Crippen LogP contribution < -0.4 is 15.8 Å². The fourth-order valence-electron chi connectivity index (χ4n) is 1.79. The standard InChI is InChI=1S/C10H17N5O3S/c1-2-4-18-10-14-8(11)13-9(15-10)12-7-3-5-19(16,17)6-7/h7H,2-6H2,1H3,(H3,11,12,13,14,15). The van der Waals surface area contributed by atoms with Gasteiger partial charge in [-0.15, -0.1) is 0 Å². The number of ether oxygens (including phenoxy) is 1. The lowest BCUT2D eigenvalue weighted by molar-refractivity contribution is 0.292. The summed E-state index contributed by atoms with van der Waals surface area (Å²) in [5, 5.41) is 2.95. The normalized spacial score (nSPS) is 21.2. The quantitative estimate of drug-likeness (QED) is 0.766. The number of nitrogens with zero attached hydrogens (tertiary/aromatic N) is 3. The van der Waals surface area contributed by atoms with Crippen LogP contribution in [-0.4, -0.2) is 47.5 Å². The highest BCUT2D eigenvalue weighted by Crippen LogP contribution is 2.16. The van der Waals surface area contributed by atoms with Crippen LogP contribution in [0.25, 0.3) is 0 Å². The second-order valence-corrected chi connectivity index (χ2v) is 6.62. The summed E-state index contributed by atoms with van der Waals surface area (Å²) in [5.41, 5.74) is 5.56. The van der Waals surface area contributed by atoms with Gasteiger partial charge in [-0.1, -0.05) is 6.92 Å². The second-order valence-electron chi connectivity index (χ2n) is 4.39. The van der Waals surface area contributed by atoms with Crippen molar-refractivity contribution in [1.82, 2.24) is 15.0 Å². The molecule has 1 aromatic rings. The molecule has 106 valence electrons. The molecule has 1 aliphatic heterocycles. The van der Waals surface area contributed by atoms with Gasteiger partial charge in [-0.3, -0.25) is 0 Å². The van der Waals surface area contributed by atoms with Crippen LogP contribution >= 0.6 is 0 Å². The smallest absolute Gasteiger partial charge is 0.323 e. The molecule has 1 aliphatic rings. The van der Waals surface area contributed by atoms with Crippen LogP contribution in [0.15, 0.2) is 0 Å². The van der Waals surface area contributed by atoms with E-state index < -0.39 is 9.84 Å². The van der Waals surface area contributed by atoms with Crippen molar-refractivity contribution in [3.8, 4) is 6.01 Å². The Kier molecular flexibility index (Phi) is 4.03. The second kappa shape index (κ2) is 5.55. The first-order valence-electron chi connectivity index (χ1n) is 6.10. The Morgan fingerprint density at radius 3 is 2.84 bits per heavy atom. The molecule has 2 rings (SSSR count). The van der Waals surface area contributed by atoms with Crippen molar-refractivity contribution >= 4 is 21.7 Å². The summed E-state index contributed by atoms with van der Waals surface area (Å²) in [4.78, 5) is 11.8. The number of sulfone groups is 1. The molecule has 0 saturated carbocycles. The van der Waals surface area contributed by atoms with Gasteiger partial charge in [-0.2, -0.15) is 15.0 Å². The van der Waals surface area contributed by atoms with Crippen molar-refractivity contribution in [2.45, 2.75) is 25.8 Å². The van der Waals surface area contributed by atoms with Gasteiger partial charge < -0.3 is 15.8 Å². The number of nitrogen functional groups attached to an aromatic ring is 1. The topological polar surface area (TPSA) is 120 Å². The Labute approximate surface area is 111 Å². The van der Waals surface area contributed by atoms with Crippen molar-refractivity contribution in [2.75, 3.05) is 29.2 Å². The first-order chi connectivity index (χ1) is 8.98. The molecule has 1 saturated heterocycles. The van der Waals surface area contributed by atoms with Gasteiger partial charge in [0.25, 0.3) is 0 Å². The third-order valence-corrected chi connectivity index (χ3v) is 4.40. The number of nitrogens with two attached hydrogens (primary N) is 1. The molecule has 0 spiro atoms. The molecule has 1 atom stereocenters. The molecule has 0 bridgehead atoms. The summed E-state index contributed by atoms with van der Waals surface area (Å²) >= 11 is 0. The molecule has 0 aliphatic carbocycles. The van der Waals surface area contributed by atoms with Crippen LogP contribution in [0.4, 0.5) is 11.9 Å². The molecular weight excluding hydrogens is 270 g/mol. The fraction of sp³-hybridized carbons (Fsp3) is 0.700. The Bertz CT molecular complexity index is 548. The number of hydrogen-bond acceptors (Lipinski definition) is 8. The maximum atomic E-state index is 11.4. The SMILES string of the molecule is CCCOc1nc(N)nc(NC2CCS(=O)(=O)C2)n1. The van der Waals surface area contributed by atoms with Crippen LogP contribution in [0.2, 0.25) is 0 Å². The summed E-state index contributed by atoms with van der Waals surface area (Å²) in [6.07, 6.45) is 1.37. The largest absolute Gasteiger partial charge is 0.463 e. The molecule has 9 heteroatoms. The van der Waals surface area contributed by atoms with Gasteiger partial charge in [0.2, 0.25) is 11.9 Å². The Morgan fingerprint density at radius 1 is 1.42 bits per heavy atom. The average Bonchev–Trinajstić information content (AvgIpc) is 2.65. The highest BCUT2D eigenvalue weighted by Gasteiger charge is 2.28. The van der Waals surface area contributed by atoms with Crippen molar-refractivity contribution in [3.05, 3.63) is 0 Å². The van der Waals surface area contributed by atoms with Crippen LogP contribution in [0.1, 0.15) is 19.8 Å². The van der Waals surface area contributed by atoms with E-state index >= 15 is 0 Å². The molecule has 1 aromatic heterocycles. The molecule has 0 amide bonds. The van der Waals surface area contributed by atoms with Crippen molar-refractivity contribution in [3.63, 3.8) is 0 Å². The van der Waals surface area contributed by atoms with Gasteiger partial charge in [0.1, 0.15) is 0 Å². The first kappa shape index (κ1) is 13.8. The first-order valence-corrected chi connectivity index (χ1v) is 7.92. The Morgan fingerprint density at radius 2 is 2.21 bits per heavy atom. The van der Waals surface area contributed by atoms with Crippen LogP contribution in [0, 0.1) is 0 Å². The molecule has 0 radical (unpaired) electrons. The van der Waals surface area contributed by atoms with Crippen LogP contribution in [-0.2, 0) is 9.84 Å². The minimum atomic E-state index is -2.95. The minimum absolute atomic E-state index is 0.0458. The van der Waals surface area contributed by atoms with Gasteiger partial charge >= 0.3 is 6.01 Å². The Balaban J connectivity index is 2.06. The lowest BCUT2D eigenvalue weighted by Crippen LogP contribution is -2.22. The van der Waals surface area contributed by atoms with E-state index in [4.69, 9.17) is 10.5 Å². The number of hydrogen-bond donors (Lipinski definition) is 2. The predicted octanol–water partition coefficient (Wildman–Crippen LogP) is -0.158. The molecule has 0 aromatic carbocycles. The molecule has 1 unspecified atom stereocenters. The molecule has 1 fully saturated rings. The summed E-state index contributed by atoms with van der Waals surface area (Å²) in [5.74, 6) is 0.568. The third kappa shape index (κ3) is 3.91. The van der Waals surface area contributed by atoms with Gasteiger partial charge in [0, 0.05) is 6.04 Å². The zero-order chi connectivity index (χ0) is 13.9. The lowest BCUT2D eigenvalue weighted by Gasteiger charge is -2.11. The van der Waals surface area contributed by atoms with Gasteiger partial charge in [-0.05, 0) is 12.8 Å². The highest BCUT2D eigenvalue weighted by molar-refractivity contribution is 7.91. The van der Waals surface area contributed by atoms with E-state index in [1.165, 1.54) is 0 Å². The lowest BCUT2D eigenvalue weighted by atomic mass is 10.3. The molecule has 2 heterocycles. The maximum Gasteiger partial charge on any atom is 0.323 e. The van der Waals surface area contributed by atoms with Gasteiger partial charge in [0.15, 0.2) is 9.84 Å². The van der Waals surface area contributed by atoms with E-state index in [-0.39, 0.29) is 35.5 Å². The Hall–Kier alpha value is -1.64. The highest BCUT2D eigenvalue weighted by atomic mass is 32.2. The predicted molar refractivity (Wildman–Crippen MR) is 70.7 cm³/mol. The van der Waals surface area contributed by atoms with Gasteiger partial charge in [-0.25, -0.2) is 8.42 Å². The van der Waals surface area contributed by atoms with Gasteiger partial charge in [0.05, 0.1) is 18.1 Å². The number of anilines is 2. The number of nitrogens with one attached hydrogen (secondary N) is 1.